The Hall–Kier alpha value is -0.770. The van der Waals surface area contributed by atoms with E-state index in [1.54, 1.807) is 7.11 Å². The molecule has 0 saturated heterocycles. The average Bonchev–Trinajstić information content (AvgIpc) is 2.83. The van der Waals surface area contributed by atoms with Crippen LogP contribution < -0.4 is 5.73 Å². The predicted octanol–water partition coefficient (Wildman–Crippen LogP) is 1.21. The molecule has 92 valence electrons. The van der Waals surface area contributed by atoms with Gasteiger partial charge in [0.2, 0.25) is 0 Å². The summed E-state index contributed by atoms with van der Waals surface area (Å²) < 4.78 is 5.17. The van der Waals surface area contributed by atoms with Gasteiger partial charge in [0.1, 0.15) is 0 Å². The first-order valence-electron chi connectivity index (χ1n) is 6.31. The van der Waals surface area contributed by atoms with Gasteiger partial charge in [-0.2, -0.15) is 0 Å². The second-order valence-corrected chi connectivity index (χ2v) is 4.92. The molecule has 1 aliphatic heterocycles. The first-order valence-corrected chi connectivity index (χ1v) is 6.31. The van der Waals surface area contributed by atoms with Gasteiger partial charge in [-0.1, -0.05) is 19.8 Å². The number of hydrogen-bond acceptors (Lipinski definition) is 4. The molecule has 1 heterocycles. The number of nitrogens with two attached hydrogens (primary N) is 1. The molecule has 0 aromatic carbocycles. The van der Waals surface area contributed by atoms with Crippen LogP contribution in [0.4, 0.5) is 0 Å². The average molecular weight is 225 g/mol. The van der Waals surface area contributed by atoms with E-state index in [0.29, 0.717) is 0 Å². The van der Waals surface area contributed by atoms with E-state index < -0.39 is 0 Å². The normalized spacial score (nSPS) is 33.8. The van der Waals surface area contributed by atoms with Crippen molar-refractivity contribution in [1.82, 2.24) is 4.90 Å². The van der Waals surface area contributed by atoms with Crippen LogP contribution in [-0.4, -0.2) is 43.2 Å². The van der Waals surface area contributed by atoms with Gasteiger partial charge >= 0.3 is 0 Å². The Labute approximate surface area is 97.9 Å². The highest BCUT2D eigenvalue weighted by molar-refractivity contribution is 5.81. The minimum Gasteiger partial charge on any atom is -0.383 e. The summed E-state index contributed by atoms with van der Waals surface area (Å²) in [5, 5.41) is 0. The standard InChI is InChI=1S/C12H23N3O/c1-3-10-5-4-6-12(10)9-14-11(13)15(12)7-8-16-2/h10H,3-9H2,1-2H3,(H2,13,14). The third-order valence-electron chi connectivity index (χ3n) is 4.26. The minimum absolute atomic E-state index is 0.220. The molecule has 4 nitrogen and oxygen atoms in total. The Balaban J connectivity index is 2.13. The number of aliphatic imine (C=N–C) groups is 1. The lowest BCUT2D eigenvalue weighted by Crippen LogP contribution is -2.54. The summed E-state index contributed by atoms with van der Waals surface area (Å²) in [6, 6.07) is 0. The van der Waals surface area contributed by atoms with E-state index in [1.807, 2.05) is 0 Å². The van der Waals surface area contributed by atoms with Crippen molar-refractivity contribution in [3.63, 3.8) is 0 Å². The highest BCUT2D eigenvalue weighted by atomic mass is 16.5. The summed E-state index contributed by atoms with van der Waals surface area (Å²) in [7, 11) is 1.74. The second kappa shape index (κ2) is 4.62. The summed E-state index contributed by atoms with van der Waals surface area (Å²) >= 11 is 0. The van der Waals surface area contributed by atoms with Gasteiger partial charge in [-0.05, 0) is 18.8 Å². The molecule has 0 aromatic heterocycles. The molecular weight excluding hydrogens is 202 g/mol. The molecular formula is C12H23N3O. The van der Waals surface area contributed by atoms with Gasteiger partial charge < -0.3 is 15.4 Å². The Morgan fingerprint density at radius 1 is 1.62 bits per heavy atom. The predicted molar refractivity (Wildman–Crippen MR) is 65.4 cm³/mol. The van der Waals surface area contributed by atoms with Crippen molar-refractivity contribution in [3.8, 4) is 0 Å². The van der Waals surface area contributed by atoms with Crippen molar-refractivity contribution in [2.45, 2.75) is 38.1 Å². The maximum atomic E-state index is 6.01. The second-order valence-electron chi connectivity index (χ2n) is 4.92. The smallest absolute Gasteiger partial charge is 0.191 e. The Bertz CT molecular complexity index is 279. The summed E-state index contributed by atoms with van der Waals surface area (Å²) in [5.41, 5.74) is 6.23. The van der Waals surface area contributed by atoms with Crippen LogP contribution in [0.15, 0.2) is 4.99 Å². The summed E-state index contributed by atoms with van der Waals surface area (Å²) in [5.74, 6) is 1.46. The Morgan fingerprint density at radius 2 is 2.44 bits per heavy atom. The van der Waals surface area contributed by atoms with Crippen molar-refractivity contribution in [1.29, 1.82) is 0 Å². The monoisotopic (exact) mass is 225 g/mol. The van der Waals surface area contributed by atoms with Crippen molar-refractivity contribution >= 4 is 5.96 Å². The number of ether oxygens (including phenoxy) is 1. The number of methoxy groups -OCH3 is 1. The van der Waals surface area contributed by atoms with Crippen molar-refractivity contribution in [2.75, 3.05) is 26.8 Å². The molecule has 2 N–H and O–H groups in total. The third-order valence-corrected chi connectivity index (χ3v) is 4.26. The van der Waals surface area contributed by atoms with Crippen LogP contribution in [-0.2, 0) is 4.74 Å². The number of guanidine groups is 1. The van der Waals surface area contributed by atoms with Crippen LogP contribution in [0.25, 0.3) is 0 Å². The zero-order valence-corrected chi connectivity index (χ0v) is 10.4. The maximum absolute atomic E-state index is 6.01. The van der Waals surface area contributed by atoms with Gasteiger partial charge in [0.25, 0.3) is 0 Å². The minimum atomic E-state index is 0.220. The molecule has 2 rings (SSSR count). The first kappa shape index (κ1) is 11.7. The van der Waals surface area contributed by atoms with Crippen LogP contribution in [0.5, 0.6) is 0 Å². The highest BCUT2D eigenvalue weighted by Gasteiger charge is 2.49. The Kier molecular flexibility index (Phi) is 3.38. The zero-order chi connectivity index (χ0) is 11.6. The topological polar surface area (TPSA) is 50.8 Å². The van der Waals surface area contributed by atoms with E-state index >= 15 is 0 Å². The van der Waals surface area contributed by atoms with Gasteiger partial charge in [0.15, 0.2) is 5.96 Å². The van der Waals surface area contributed by atoms with E-state index in [2.05, 4.69) is 16.8 Å². The van der Waals surface area contributed by atoms with E-state index in [9.17, 15) is 0 Å². The van der Waals surface area contributed by atoms with Crippen molar-refractivity contribution in [3.05, 3.63) is 0 Å². The molecule has 1 saturated carbocycles. The summed E-state index contributed by atoms with van der Waals surface area (Å²) in [4.78, 5) is 6.77. The Morgan fingerprint density at radius 3 is 3.12 bits per heavy atom. The fraction of sp³-hybridized carbons (Fsp3) is 0.917. The van der Waals surface area contributed by atoms with Crippen LogP contribution in [0.2, 0.25) is 0 Å². The van der Waals surface area contributed by atoms with E-state index in [0.717, 1.165) is 31.6 Å². The van der Waals surface area contributed by atoms with Crippen molar-refractivity contribution in [2.24, 2.45) is 16.6 Å². The fourth-order valence-corrected chi connectivity index (χ4v) is 3.41. The molecule has 2 atom stereocenters. The molecule has 0 bridgehead atoms. The van der Waals surface area contributed by atoms with Crippen LogP contribution in [0.1, 0.15) is 32.6 Å². The lowest BCUT2D eigenvalue weighted by Gasteiger charge is -2.40. The molecule has 16 heavy (non-hydrogen) atoms. The zero-order valence-electron chi connectivity index (χ0n) is 10.4. The highest BCUT2D eigenvalue weighted by Crippen LogP contribution is 2.44. The van der Waals surface area contributed by atoms with E-state index in [1.165, 1.54) is 25.7 Å². The lowest BCUT2D eigenvalue weighted by molar-refractivity contribution is 0.101. The molecule has 2 aliphatic rings. The van der Waals surface area contributed by atoms with Crippen molar-refractivity contribution < 1.29 is 4.74 Å². The van der Waals surface area contributed by atoms with Gasteiger partial charge in [0.05, 0.1) is 18.7 Å². The largest absolute Gasteiger partial charge is 0.383 e. The summed E-state index contributed by atoms with van der Waals surface area (Å²) in [6.45, 7) is 4.78. The number of nitrogens with zero attached hydrogens (tertiary/aromatic N) is 2. The van der Waals surface area contributed by atoms with Gasteiger partial charge in [-0.3, -0.25) is 4.99 Å². The van der Waals surface area contributed by atoms with Crippen LogP contribution in [0.3, 0.4) is 0 Å². The molecule has 0 radical (unpaired) electrons. The van der Waals surface area contributed by atoms with Gasteiger partial charge in [-0.15, -0.1) is 0 Å². The SMILES string of the molecule is CCC1CCCC12CN=C(N)N2CCOC. The van der Waals surface area contributed by atoms with Crippen LogP contribution >= 0.6 is 0 Å². The van der Waals surface area contributed by atoms with E-state index in [4.69, 9.17) is 10.5 Å². The summed E-state index contributed by atoms with van der Waals surface area (Å²) in [6.07, 6.45) is 5.10. The third kappa shape index (κ3) is 1.69. The number of hydrogen-bond donors (Lipinski definition) is 1. The molecule has 1 spiro atoms. The maximum Gasteiger partial charge on any atom is 0.191 e. The number of rotatable bonds is 4. The molecule has 4 heteroatoms. The molecule has 2 unspecified atom stereocenters. The van der Waals surface area contributed by atoms with E-state index in [-0.39, 0.29) is 5.54 Å². The molecule has 1 fully saturated rings. The molecule has 0 aromatic rings. The molecule has 0 amide bonds. The quantitative estimate of drug-likeness (QED) is 0.782. The van der Waals surface area contributed by atoms with Gasteiger partial charge in [0, 0.05) is 13.7 Å². The van der Waals surface area contributed by atoms with Crippen LogP contribution in [0, 0.1) is 5.92 Å². The fourth-order valence-electron chi connectivity index (χ4n) is 3.41. The van der Waals surface area contributed by atoms with Gasteiger partial charge in [-0.25, -0.2) is 0 Å². The lowest BCUT2D eigenvalue weighted by atomic mass is 9.84. The first-order chi connectivity index (χ1) is 7.74. The molecule has 1 aliphatic carbocycles.